The Morgan fingerprint density at radius 1 is 1.43 bits per heavy atom. The molecule has 2 N–H and O–H groups in total. The summed E-state index contributed by atoms with van der Waals surface area (Å²) >= 11 is 5.78. The summed E-state index contributed by atoms with van der Waals surface area (Å²) < 4.78 is 5.40. The molecule has 0 bridgehead atoms. The zero-order valence-corrected chi connectivity index (χ0v) is 11.5. The van der Waals surface area contributed by atoms with Crippen LogP contribution in [0.15, 0.2) is 24.3 Å². The van der Waals surface area contributed by atoms with Gasteiger partial charge in [-0.3, -0.25) is 14.9 Å². The van der Waals surface area contributed by atoms with Crippen molar-refractivity contribution in [1.29, 1.82) is 0 Å². The number of non-ortho nitro benzene ring substituents is 1. The minimum absolute atomic E-state index is 0.0329. The van der Waals surface area contributed by atoms with E-state index in [0.717, 1.165) is 0 Å². The first-order valence-corrected chi connectivity index (χ1v) is 6.02. The normalized spacial score (nSPS) is 10.2. The Bertz CT molecular complexity index is 735. The van der Waals surface area contributed by atoms with Crippen molar-refractivity contribution < 1.29 is 14.5 Å². The van der Waals surface area contributed by atoms with E-state index in [1.54, 1.807) is 6.92 Å². The van der Waals surface area contributed by atoms with E-state index in [1.807, 2.05) is 0 Å². The summed E-state index contributed by atoms with van der Waals surface area (Å²) in [5.41, 5.74) is 5.08. The van der Waals surface area contributed by atoms with Crippen molar-refractivity contribution >= 4 is 23.2 Å². The van der Waals surface area contributed by atoms with Crippen LogP contribution in [0.4, 0.5) is 5.69 Å². The van der Waals surface area contributed by atoms with E-state index in [9.17, 15) is 14.9 Å². The van der Waals surface area contributed by atoms with Crippen LogP contribution in [-0.4, -0.2) is 20.8 Å². The molecule has 9 heteroatoms. The summed E-state index contributed by atoms with van der Waals surface area (Å²) in [5.74, 6) is -0.576. The lowest BCUT2D eigenvalue weighted by Crippen LogP contribution is -2.15. The van der Waals surface area contributed by atoms with Gasteiger partial charge in [0.25, 0.3) is 11.6 Å². The zero-order valence-electron chi connectivity index (χ0n) is 10.7. The Hall–Kier alpha value is -2.74. The minimum atomic E-state index is -0.808. The monoisotopic (exact) mass is 308 g/mol. The number of carbonyl (C=O) groups excluding carboxylic acids is 1. The van der Waals surface area contributed by atoms with Crippen molar-refractivity contribution in [3.05, 3.63) is 50.9 Å². The maximum atomic E-state index is 11.1. The first-order valence-electron chi connectivity index (χ1n) is 5.64. The van der Waals surface area contributed by atoms with E-state index in [2.05, 4.69) is 9.97 Å². The van der Waals surface area contributed by atoms with Crippen molar-refractivity contribution in [2.45, 2.75) is 6.92 Å². The molecule has 0 aliphatic carbocycles. The number of carbonyl (C=O) groups is 1. The van der Waals surface area contributed by atoms with Crippen molar-refractivity contribution in [2.24, 2.45) is 5.73 Å². The van der Waals surface area contributed by atoms with Crippen LogP contribution in [-0.2, 0) is 0 Å². The SMILES string of the molecule is Cc1nc(C(N)=O)c(Cl)nc1Oc1cccc([N+](=O)[O-])c1. The summed E-state index contributed by atoms with van der Waals surface area (Å²) in [7, 11) is 0. The molecular weight excluding hydrogens is 300 g/mol. The van der Waals surface area contributed by atoms with Gasteiger partial charge in [-0.1, -0.05) is 17.7 Å². The molecule has 2 aromatic rings. The minimum Gasteiger partial charge on any atom is -0.437 e. The second-order valence-electron chi connectivity index (χ2n) is 3.97. The molecule has 0 atom stereocenters. The first kappa shape index (κ1) is 14.7. The number of ether oxygens (including phenoxy) is 1. The predicted molar refractivity (Wildman–Crippen MR) is 73.5 cm³/mol. The standard InChI is InChI=1S/C12H9ClN4O4/c1-6-12(16-10(13)9(15-6)11(14)18)21-8-4-2-3-7(5-8)17(19)20/h2-5H,1H3,(H2,14,18). The van der Waals surface area contributed by atoms with Crippen LogP contribution < -0.4 is 10.5 Å². The van der Waals surface area contributed by atoms with E-state index >= 15 is 0 Å². The smallest absolute Gasteiger partial charge is 0.273 e. The Kier molecular flexibility index (Phi) is 3.99. The third-order valence-corrected chi connectivity index (χ3v) is 2.72. The molecule has 1 aromatic carbocycles. The molecule has 0 saturated heterocycles. The molecule has 0 aliphatic rings. The topological polar surface area (TPSA) is 121 Å². The van der Waals surface area contributed by atoms with E-state index in [4.69, 9.17) is 22.1 Å². The molecule has 21 heavy (non-hydrogen) atoms. The Balaban J connectivity index is 2.36. The molecule has 0 unspecified atom stereocenters. The number of hydrogen-bond donors (Lipinski definition) is 1. The number of nitro groups is 1. The molecule has 1 aromatic heterocycles. The molecule has 2 rings (SSSR count). The van der Waals surface area contributed by atoms with Crippen molar-refractivity contribution in [2.75, 3.05) is 0 Å². The van der Waals surface area contributed by atoms with E-state index < -0.39 is 10.8 Å². The average Bonchev–Trinajstić information content (AvgIpc) is 2.42. The quantitative estimate of drug-likeness (QED) is 0.682. The highest BCUT2D eigenvalue weighted by molar-refractivity contribution is 6.32. The Morgan fingerprint density at radius 2 is 2.14 bits per heavy atom. The van der Waals surface area contributed by atoms with Crippen molar-refractivity contribution in [1.82, 2.24) is 9.97 Å². The summed E-state index contributed by atoms with van der Waals surface area (Å²) in [6, 6.07) is 5.55. The number of nitrogens with zero attached hydrogens (tertiary/aromatic N) is 3. The fourth-order valence-corrected chi connectivity index (χ4v) is 1.72. The van der Waals surface area contributed by atoms with Gasteiger partial charge in [0.2, 0.25) is 5.88 Å². The van der Waals surface area contributed by atoms with Crippen molar-refractivity contribution in [3.63, 3.8) is 0 Å². The number of benzene rings is 1. The van der Waals surface area contributed by atoms with E-state index in [-0.39, 0.29) is 33.9 Å². The lowest BCUT2D eigenvalue weighted by atomic mass is 10.3. The van der Waals surface area contributed by atoms with Crippen LogP contribution >= 0.6 is 11.6 Å². The van der Waals surface area contributed by atoms with Gasteiger partial charge in [-0.15, -0.1) is 0 Å². The number of halogens is 1. The lowest BCUT2D eigenvalue weighted by Gasteiger charge is -2.08. The summed E-state index contributed by atoms with van der Waals surface area (Å²) in [6.45, 7) is 1.54. The number of aromatic nitrogens is 2. The second kappa shape index (κ2) is 5.71. The average molecular weight is 309 g/mol. The summed E-state index contributed by atoms with van der Waals surface area (Å²) in [4.78, 5) is 29.0. The number of primary amides is 1. The maximum Gasteiger partial charge on any atom is 0.273 e. The maximum absolute atomic E-state index is 11.1. The van der Waals surface area contributed by atoms with Crippen molar-refractivity contribution in [3.8, 4) is 11.6 Å². The van der Waals surface area contributed by atoms with Crippen LogP contribution in [0.25, 0.3) is 0 Å². The Morgan fingerprint density at radius 3 is 2.76 bits per heavy atom. The number of hydrogen-bond acceptors (Lipinski definition) is 6. The fourth-order valence-electron chi connectivity index (χ4n) is 1.51. The van der Waals surface area contributed by atoms with Gasteiger partial charge in [0.05, 0.1) is 11.0 Å². The number of nitro benzene ring substituents is 1. The molecule has 8 nitrogen and oxygen atoms in total. The molecule has 0 saturated carbocycles. The summed E-state index contributed by atoms with van der Waals surface area (Å²) in [6.07, 6.45) is 0. The molecule has 1 amide bonds. The van der Waals surface area contributed by atoms with Crippen LogP contribution in [0, 0.1) is 17.0 Å². The molecule has 0 fully saturated rings. The number of rotatable bonds is 4. The predicted octanol–water partition coefficient (Wildman–Crippen LogP) is 2.24. The molecule has 108 valence electrons. The summed E-state index contributed by atoms with van der Waals surface area (Å²) in [5, 5.41) is 10.5. The van der Waals surface area contributed by atoms with Gasteiger partial charge in [0.1, 0.15) is 11.4 Å². The third kappa shape index (κ3) is 3.23. The second-order valence-corrected chi connectivity index (χ2v) is 4.33. The number of amides is 1. The van der Waals surface area contributed by atoms with Gasteiger partial charge in [-0.05, 0) is 13.0 Å². The highest BCUT2D eigenvalue weighted by Gasteiger charge is 2.16. The number of nitrogens with two attached hydrogens (primary N) is 1. The zero-order chi connectivity index (χ0) is 15.6. The van der Waals surface area contributed by atoms with E-state index in [0.29, 0.717) is 0 Å². The highest BCUT2D eigenvalue weighted by atomic mass is 35.5. The molecular formula is C12H9ClN4O4. The van der Waals surface area contributed by atoms with Crippen LogP contribution in [0.2, 0.25) is 5.15 Å². The Labute approximate surface area is 123 Å². The van der Waals surface area contributed by atoms with Gasteiger partial charge in [0.15, 0.2) is 10.8 Å². The lowest BCUT2D eigenvalue weighted by molar-refractivity contribution is -0.384. The van der Waals surface area contributed by atoms with Gasteiger partial charge >= 0.3 is 0 Å². The van der Waals surface area contributed by atoms with Gasteiger partial charge in [0, 0.05) is 6.07 Å². The van der Waals surface area contributed by atoms with Gasteiger partial charge in [-0.2, -0.15) is 4.98 Å². The third-order valence-electron chi connectivity index (χ3n) is 2.46. The number of aryl methyl sites for hydroxylation is 1. The molecule has 1 heterocycles. The van der Waals surface area contributed by atoms with Gasteiger partial charge < -0.3 is 10.5 Å². The van der Waals surface area contributed by atoms with Crippen LogP contribution in [0.3, 0.4) is 0 Å². The van der Waals surface area contributed by atoms with Crippen LogP contribution in [0.1, 0.15) is 16.2 Å². The van der Waals surface area contributed by atoms with Crippen LogP contribution in [0.5, 0.6) is 11.6 Å². The molecule has 0 spiro atoms. The van der Waals surface area contributed by atoms with E-state index in [1.165, 1.54) is 24.3 Å². The highest BCUT2D eigenvalue weighted by Crippen LogP contribution is 2.27. The molecule has 0 aliphatic heterocycles. The fraction of sp³-hybridized carbons (Fsp3) is 0.0833. The van der Waals surface area contributed by atoms with Gasteiger partial charge in [-0.25, -0.2) is 4.98 Å². The molecule has 0 radical (unpaired) electrons. The first-order chi connectivity index (χ1) is 9.88. The largest absolute Gasteiger partial charge is 0.437 e.